The highest BCUT2D eigenvalue weighted by Gasteiger charge is 2.42. The van der Waals surface area contributed by atoms with Gasteiger partial charge in [-0.05, 0) is 30.2 Å². The lowest BCUT2D eigenvalue weighted by Gasteiger charge is -2.41. The van der Waals surface area contributed by atoms with Crippen LogP contribution in [0.3, 0.4) is 0 Å². The first-order valence-corrected chi connectivity index (χ1v) is 12.3. The van der Waals surface area contributed by atoms with Gasteiger partial charge in [-0.2, -0.15) is 0 Å². The van der Waals surface area contributed by atoms with Gasteiger partial charge < -0.3 is 20.3 Å². The molecule has 5 rings (SSSR count). The number of benzene rings is 2. The number of hydrogen-bond acceptors (Lipinski definition) is 4. The summed E-state index contributed by atoms with van der Waals surface area (Å²) in [5, 5.41) is 13.1. The Balaban J connectivity index is 1.51. The van der Waals surface area contributed by atoms with E-state index in [0.717, 1.165) is 16.5 Å². The number of nitrogens with one attached hydrogen (secondary N) is 2. The number of aromatic nitrogens is 1. The fourth-order valence-electron chi connectivity index (χ4n) is 5.38. The van der Waals surface area contributed by atoms with E-state index in [0.29, 0.717) is 31.7 Å². The molecule has 0 spiro atoms. The number of aromatic amines is 1. The van der Waals surface area contributed by atoms with Crippen LogP contribution in [0.1, 0.15) is 29.3 Å². The Hall–Kier alpha value is -3.11. The number of aliphatic hydroxyl groups excluding tert-OH is 1. The van der Waals surface area contributed by atoms with Gasteiger partial charge in [-0.1, -0.05) is 24.8 Å². The van der Waals surface area contributed by atoms with Gasteiger partial charge in [0.05, 0.1) is 24.8 Å². The van der Waals surface area contributed by atoms with Crippen LogP contribution in [0.25, 0.3) is 10.9 Å². The summed E-state index contributed by atoms with van der Waals surface area (Å²) in [4.78, 5) is 6.41. The molecular formula is C27H29F5N4O. The van der Waals surface area contributed by atoms with Crippen LogP contribution in [0.4, 0.5) is 27.6 Å². The van der Waals surface area contributed by atoms with E-state index < -0.39 is 36.8 Å². The highest BCUT2D eigenvalue weighted by molar-refractivity contribution is 5.85. The standard InChI is InChI=1S/C27H29F5N4O/c1-16-9-20-19-5-2-3-6-23(19)34-25(20)26(36(16)14-27(31,32)15-37)24-21(29)10-17(11-22(24)30)33-18-12-35(13-18)8-4-7-28/h2-3,5-6,10-11,18,26,33-34,37H,1,4,7-9,12-15H2/t26-/m1/s1. The Labute approximate surface area is 211 Å². The maximum absolute atomic E-state index is 15.6. The van der Waals surface area contributed by atoms with E-state index in [1.165, 1.54) is 17.0 Å². The molecule has 3 N–H and O–H groups in total. The molecule has 2 aromatic carbocycles. The van der Waals surface area contributed by atoms with E-state index in [1.54, 1.807) is 0 Å². The average Bonchev–Trinajstić information content (AvgIpc) is 3.19. The highest BCUT2D eigenvalue weighted by atomic mass is 19.3. The van der Waals surface area contributed by atoms with Crippen LogP contribution >= 0.6 is 0 Å². The quantitative estimate of drug-likeness (QED) is 0.348. The fraction of sp³-hybridized carbons (Fsp3) is 0.407. The first kappa shape index (κ1) is 25.5. The topological polar surface area (TPSA) is 54.5 Å². The molecule has 1 fully saturated rings. The third-order valence-electron chi connectivity index (χ3n) is 7.14. The van der Waals surface area contributed by atoms with Gasteiger partial charge in [-0.3, -0.25) is 9.29 Å². The third-order valence-corrected chi connectivity index (χ3v) is 7.14. The molecule has 1 saturated heterocycles. The minimum Gasteiger partial charge on any atom is -0.390 e. The fourth-order valence-corrected chi connectivity index (χ4v) is 5.38. The van der Waals surface area contributed by atoms with Gasteiger partial charge >= 0.3 is 0 Å². The Kier molecular flexibility index (Phi) is 6.89. The van der Waals surface area contributed by atoms with Crippen molar-refractivity contribution in [2.45, 2.75) is 30.8 Å². The summed E-state index contributed by atoms with van der Waals surface area (Å²) in [6, 6.07) is 8.41. The number of alkyl halides is 3. The Morgan fingerprint density at radius 1 is 1.14 bits per heavy atom. The molecule has 0 radical (unpaired) electrons. The molecule has 0 aliphatic carbocycles. The monoisotopic (exact) mass is 520 g/mol. The zero-order valence-electron chi connectivity index (χ0n) is 20.2. The summed E-state index contributed by atoms with van der Waals surface area (Å²) < 4.78 is 72.4. The van der Waals surface area contributed by atoms with E-state index in [4.69, 9.17) is 0 Å². The number of aliphatic hydroxyl groups is 1. The zero-order valence-corrected chi connectivity index (χ0v) is 20.2. The van der Waals surface area contributed by atoms with Crippen molar-refractivity contribution in [2.24, 2.45) is 0 Å². The zero-order chi connectivity index (χ0) is 26.3. The van der Waals surface area contributed by atoms with Gasteiger partial charge in [0.1, 0.15) is 24.3 Å². The number of hydrogen-bond donors (Lipinski definition) is 3. The van der Waals surface area contributed by atoms with Crippen molar-refractivity contribution >= 4 is 16.6 Å². The molecule has 0 bridgehead atoms. The SMILES string of the molecule is C=C1Cc2c([nH]c3ccccc23)[C@@H](c2c(F)cc(NC3CN(CCCF)C3)cc2F)N1CC(F)(F)CO. The lowest BCUT2D eigenvalue weighted by Crippen LogP contribution is -2.54. The number of halogens is 5. The normalized spacial score (nSPS) is 18.8. The summed E-state index contributed by atoms with van der Waals surface area (Å²) >= 11 is 0. The minimum absolute atomic E-state index is 0.0289. The Morgan fingerprint density at radius 3 is 2.51 bits per heavy atom. The number of likely N-dealkylation sites (tertiary alicyclic amines) is 1. The summed E-state index contributed by atoms with van der Waals surface area (Å²) in [5.41, 5.74) is 2.04. The molecule has 0 saturated carbocycles. The molecule has 0 unspecified atom stereocenters. The molecule has 0 amide bonds. The van der Waals surface area contributed by atoms with E-state index in [2.05, 4.69) is 16.9 Å². The first-order valence-electron chi connectivity index (χ1n) is 12.3. The number of anilines is 1. The molecule has 3 heterocycles. The smallest absolute Gasteiger partial charge is 0.287 e. The van der Waals surface area contributed by atoms with Crippen LogP contribution in [-0.4, -0.2) is 71.3 Å². The number of fused-ring (bicyclic) bond motifs is 3. The average molecular weight is 521 g/mol. The Bertz CT molecular complexity index is 1280. The number of allylic oxidation sites excluding steroid dienone is 1. The minimum atomic E-state index is -3.50. The molecule has 2 aliphatic rings. The van der Waals surface area contributed by atoms with Gasteiger partial charge in [0.2, 0.25) is 0 Å². The Morgan fingerprint density at radius 2 is 1.84 bits per heavy atom. The maximum Gasteiger partial charge on any atom is 0.287 e. The molecule has 5 nitrogen and oxygen atoms in total. The van der Waals surface area contributed by atoms with Gasteiger partial charge in [-0.25, -0.2) is 17.6 Å². The van der Waals surface area contributed by atoms with Gasteiger partial charge in [-0.15, -0.1) is 0 Å². The third kappa shape index (κ3) is 4.92. The molecule has 10 heteroatoms. The second kappa shape index (κ2) is 9.98. The lowest BCUT2D eigenvalue weighted by molar-refractivity contribution is -0.0728. The summed E-state index contributed by atoms with van der Waals surface area (Å²) in [6.07, 6.45) is 0.666. The van der Waals surface area contributed by atoms with Crippen LogP contribution in [0.2, 0.25) is 0 Å². The van der Waals surface area contributed by atoms with Crippen LogP contribution in [0.15, 0.2) is 48.7 Å². The predicted octanol–water partition coefficient (Wildman–Crippen LogP) is 4.99. The van der Waals surface area contributed by atoms with Crippen LogP contribution in [-0.2, 0) is 6.42 Å². The largest absolute Gasteiger partial charge is 0.390 e. The molecule has 37 heavy (non-hydrogen) atoms. The van der Waals surface area contributed by atoms with Crippen molar-refractivity contribution in [3.63, 3.8) is 0 Å². The van der Waals surface area contributed by atoms with Gasteiger partial charge in [0.25, 0.3) is 5.92 Å². The second-order valence-electron chi connectivity index (χ2n) is 9.85. The molecule has 2 aliphatic heterocycles. The van der Waals surface area contributed by atoms with Crippen LogP contribution in [0, 0.1) is 11.6 Å². The second-order valence-corrected chi connectivity index (χ2v) is 9.85. The summed E-state index contributed by atoms with van der Waals surface area (Å²) in [7, 11) is 0. The molecule has 1 aromatic heterocycles. The molecule has 1 atom stereocenters. The van der Waals surface area contributed by atoms with Crippen molar-refractivity contribution in [3.05, 3.63) is 77.1 Å². The molecule has 3 aromatic rings. The van der Waals surface area contributed by atoms with Gasteiger partial charge in [0, 0.05) is 54.0 Å². The van der Waals surface area contributed by atoms with Crippen molar-refractivity contribution in [2.75, 3.05) is 44.8 Å². The van der Waals surface area contributed by atoms with Crippen molar-refractivity contribution in [1.29, 1.82) is 0 Å². The van der Waals surface area contributed by atoms with E-state index >= 15 is 8.78 Å². The summed E-state index contributed by atoms with van der Waals surface area (Å²) in [5.74, 6) is -5.26. The van der Waals surface area contributed by atoms with E-state index in [-0.39, 0.29) is 36.1 Å². The number of nitrogens with zero attached hydrogens (tertiary/aromatic N) is 2. The van der Waals surface area contributed by atoms with E-state index in [9.17, 15) is 18.3 Å². The maximum atomic E-state index is 15.6. The first-order chi connectivity index (χ1) is 17.7. The highest BCUT2D eigenvalue weighted by Crippen LogP contribution is 2.44. The van der Waals surface area contributed by atoms with Crippen molar-refractivity contribution in [3.8, 4) is 0 Å². The van der Waals surface area contributed by atoms with Crippen LogP contribution in [0.5, 0.6) is 0 Å². The van der Waals surface area contributed by atoms with Crippen LogP contribution < -0.4 is 5.32 Å². The molecule has 198 valence electrons. The van der Waals surface area contributed by atoms with Gasteiger partial charge in [0.15, 0.2) is 0 Å². The predicted molar refractivity (Wildman–Crippen MR) is 133 cm³/mol. The van der Waals surface area contributed by atoms with E-state index in [1.807, 2.05) is 29.2 Å². The number of rotatable bonds is 9. The number of para-hydroxylation sites is 1. The van der Waals surface area contributed by atoms with Crippen molar-refractivity contribution < 1.29 is 27.1 Å². The lowest BCUT2D eigenvalue weighted by atomic mass is 9.89. The molecular weight excluding hydrogens is 491 g/mol. The number of H-pyrrole nitrogens is 1. The van der Waals surface area contributed by atoms with Crippen molar-refractivity contribution in [1.82, 2.24) is 14.8 Å². The summed E-state index contributed by atoms with van der Waals surface area (Å²) in [6.45, 7) is 3.11.